The summed E-state index contributed by atoms with van der Waals surface area (Å²) in [7, 11) is 1.99. The van der Waals surface area contributed by atoms with Gasteiger partial charge >= 0.3 is 6.92 Å². The quantitative estimate of drug-likeness (QED) is 0.333. The fourth-order valence-corrected chi connectivity index (χ4v) is 4.35. The molecule has 1 aliphatic heterocycles. The maximum Gasteiger partial charge on any atom is 0.327 e. The third-order valence-electron chi connectivity index (χ3n) is 8.89. The molecule has 0 N–H and O–H groups in total. The standard InChI is InChI=1S/C30H46BNO2/c1-26(2,3)29(8,9)34-32(12)25-19-15-23(16-20-25)28(6,7)22-13-17-24(18-14-22)31-21-27(4,5)30(10,11)33-31/h13-20H,21H2,1-12H3. The van der Waals surface area contributed by atoms with Gasteiger partial charge in [-0.3, -0.25) is 9.90 Å². The second kappa shape index (κ2) is 8.71. The van der Waals surface area contributed by atoms with Crippen molar-refractivity contribution >= 4 is 18.1 Å². The van der Waals surface area contributed by atoms with Crippen molar-refractivity contribution in [2.45, 2.75) is 99.1 Å². The van der Waals surface area contributed by atoms with Crippen LogP contribution in [0.1, 0.15) is 87.3 Å². The first kappa shape index (κ1) is 26.8. The van der Waals surface area contributed by atoms with Crippen molar-refractivity contribution in [3.8, 4) is 0 Å². The monoisotopic (exact) mass is 463 g/mol. The molecular formula is C30H46BNO2. The number of nitrogens with zero attached hydrogens (tertiary/aromatic N) is 1. The molecule has 0 radical (unpaired) electrons. The molecule has 0 spiro atoms. The van der Waals surface area contributed by atoms with E-state index in [-0.39, 0.29) is 34.4 Å². The Bertz CT molecular complexity index is 966. The molecule has 3 rings (SSSR count). The van der Waals surface area contributed by atoms with E-state index in [9.17, 15) is 0 Å². The second-order valence-electron chi connectivity index (χ2n) is 13.3. The molecule has 1 aliphatic rings. The van der Waals surface area contributed by atoms with E-state index >= 15 is 0 Å². The smallest absolute Gasteiger partial charge is 0.327 e. The summed E-state index contributed by atoms with van der Waals surface area (Å²) >= 11 is 0. The average molecular weight is 464 g/mol. The van der Waals surface area contributed by atoms with Crippen LogP contribution in [0.3, 0.4) is 0 Å². The molecule has 0 bridgehead atoms. The van der Waals surface area contributed by atoms with E-state index in [2.05, 4.69) is 125 Å². The van der Waals surface area contributed by atoms with Gasteiger partial charge in [0.1, 0.15) is 0 Å². The highest BCUT2D eigenvalue weighted by molar-refractivity contribution is 6.68. The summed E-state index contributed by atoms with van der Waals surface area (Å²) in [5.41, 5.74) is 4.61. The summed E-state index contributed by atoms with van der Waals surface area (Å²) in [6.45, 7) is 24.7. The highest BCUT2D eigenvalue weighted by Gasteiger charge is 2.49. The van der Waals surface area contributed by atoms with E-state index in [1.807, 2.05) is 12.1 Å². The summed E-state index contributed by atoms with van der Waals surface area (Å²) in [5.74, 6) is 0. The zero-order valence-corrected chi connectivity index (χ0v) is 23.7. The van der Waals surface area contributed by atoms with Gasteiger partial charge in [0, 0.05) is 12.5 Å². The lowest BCUT2D eigenvalue weighted by atomic mass is 9.54. The van der Waals surface area contributed by atoms with Crippen LogP contribution in [-0.2, 0) is 14.9 Å². The van der Waals surface area contributed by atoms with Crippen LogP contribution in [0.25, 0.3) is 0 Å². The fourth-order valence-electron chi connectivity index (χ4n) is 4.35. The van der Waals surface area contributed by atoms with Crippen LogP contribution in [0.15, 0.2) is 48.5 Å². The molecule has 0 unspecified atom stereocenters. The predicted molar refractivity (Wildman–Crippen MR) is 147 cm³/mol. The van der Waals surface area contributed by atoms with Crippen molar-refractivity contribution in [3.05, 3.63) is 59.7 Å². The fraction of sp³-hybridized carbons (Fsp3) is 0.600. The number of hydroxylamine groups is 1. The highest BCUT2D eigenvalue weighted by atomic mass is 16.7. The van der Waals surface area contributed by atoms with Crippen molar-refractivity contribution in [2.75, 3.05) is 12.1 Å². The number of anilines is 1. The number of benzene rings is 2. The zero-order chi connectivity index (χ0) is 25.7. The van der Waals surface area contributed by atoms with Crippen LogP contribution < -0.4 is 10.5 Å². The van der Waals surface area contributed by atoms with E-state index in [1.54, 1.807) is 0 Å². The van der Waals surface area contributed by atoms with Gasteiger partial charge in [-0.15, -0.1) is 0 Å². The molecule has 1 heterocycles. The third-order valence-corrected chi connectivity index (χ3v) is 8.89. The molecule has 2 aromatic rings. The van der Waals surface area contributed by atoms with Gasteiger partial charge in [0.15, 0.2) is 0 Å². The molecule has 0 saturated carbocycles. The van der Waals surface area contributed by atoms with Gasteiger partial charge in [0.2, 0.25) is 0 Å². The zero-order valence-electron chi connectivity index (χ0n) is 23.7. The van der Waals surface area contributed by atoms with Gasteiger partial charge in [-0.25, -0.2) is 0 Å². The Labute approximate surface area is 209 Å². The topological polar surface area (TPSA) is 21.7 Å². The largest absolute Gasteiger partial charge is 0.426 e. The van der Waals surface area contributed by atoms with Crippen LogP contribution in [0.4, 0.5) is 5.69 Å². The molecule has 3 nitrogen and oxygen atoms in total. The molecule has 0 amide bonds. The lowest BCUT2D eigenvalue weighted by Gasteiger charge is -2.41. The highest BCUT2D eigenvalue weighted by Crippen LogP contribution is 2.45. The lowest BCUT2D eigenvalue weighted by molar-refractivity contribution is -0.0974. The second-order valence-corrected chi connectivity index (χ2v) is 13.3. The maximum atomic E-state index is 6.43. The van der Waals surface area contributed by atoms with Gasteiger partial charge in [0.05, 0.1) is 16.9 Å². The van der Waals surface area contributed by atoms with Crippen LogP contribution in [0, 0.1) is 10.8 Å². The van der Waals surface area contributed by atoms with Crippen LogP contribution >= 0.6 is 0 Å². The minimum Gasteiger partial charge on any atom is -0.426 e. The average Bonchev–Trinajstić information content (AvgIpc) is 2.94. The van der Waals surface area contributed by atoms with Crippen molar-refractivity contribution in [1.82, 2.24) is 0 Å². The van der Waals surface area contributed by atoms with E-state index in [0.29, 0.717) is 0 Å². The molecule has 1 saturated heterocycles. The molecule has 2 aromatic carbocycles. The van der Waals surface area contributed by atoms with Gasteiger partial charge < -0.3 is 4.65 Å². The van der Waals surface area contributed by atoms with E-state index in [0.717, 1.165) is 12.0 Å². The number of hydrogen-bond donors (Lipinski definition) is 0. The molecule has 0 aromatic heterocycles. The van der Waals surface area contributed by atoms with Crippen LogP contribution in [0.5, 0.6) is 0 Å². The summed E-state index contributed by atoms with van der Waals surface area (Å²) in [5, 5.41) is 1.89. The van der Waals surface area contributed by atoms with Crippen molar-refractivity contribution < 1.29 is 9.49 Å². The summed E-state index contributed by atoms with van der Waals surface area (Å²) in [6.07, 6.45) is 1.05. The summed E-state index contributed by atoms with van der Waals surface area (Å²) < 4.78 is 6.43. The lowest BCUT2D eigenvalue weighted by Crippen LogP contribution is -2.44. The third kappa shape index (κ3) is 5.09. The first-order valence-corrected chi connectivity index (χ1v) is 12.7. The van der Waals surface area contributed by atoms with Crippen LogP contribution in [-0.4, -0.2) is 25.2 Å². The van der Waals surface area contributed by atoms with Crippen molar-refractivity contribution in [1.29, 1.82) is 0 Å². The molecule has 4 heteroatoms. The van der Waals surface area contributed by atoms with E-state index < -0.39 is 0 Å². The van der Waals surface area contributed by atoms with Gasteiger partial charge in [-0.1, -0.05) is 84.9 Å². The Morgan fingerprint density at radius 1 is 0.794 bits per heavy atom. The van der Waals surface area contributed by atoms with Gasteiger partial charge in [0.25, 0.3) is 0 Å². The Morgan fingerprint density at radius 2 is 1.26 bits per heavy atom. The van der Waals surface area contributed by atoms with Crippen molar-refractivity contribution in [3.63, 3.8) is 0 Å². The number of rotatable bonds is 6. The first-order chi connectivity index (χ1) is 15.4. The van der Waals surface area contributed by atoms with E-state index in [4.69, 9.17) is 9.49 Å². The minimum atomic E-state index is -0.283. The Balaban J connectivity index is 1.75. The Kier molecular flexibility index (Phi) is 6.87. The number of hydrogen-bond acceptors (Lipinski definition) is 3. The van der Waals surface area contributed by atoms with E-state index in [1.165, 1.54) is 16.6 Å². The molecular weight excluding hydrogens is 417 g/mol. The Morgan fingerprint density at radius 3 is 1.68 bits per heavy atom. The van der Waals surface area contributed by atoms with Crippen LogP contribution in [0.2, 0.25) is 6.32 Å². The molecule has 34 heavy (non-hydrogen) atoms. The Hall–Kier alpha value is -1.78. The molecule has 186 valence electrons. The SMILES string of the molecule is CN(OC(C)(C)C(C)(C)C)c1ccc(C(C)(C)c2ccc(B3CC(C)(C)C(C)(C)O3)cc2)cc1. The normalized spacial score (nSPS) is 18.3. The first-order valence-electron chi connectivity index (χ1n) is 12.7. The van der Waals surface area contributed by atoms with Gasteiger partial charge in [-0.2, -0.15) is 0 Å². The maximum absolute atomic E-state index is 6.43. The predicted octanol–water partition coefficient (Wildman–Crippen LogP) is 7.24. The summed E-state index contributed by atoms with van der Waals surface area (Å²) in [6, 6.07) is 17.8. The van der Waals surface area contributed by atoms with Crippen molar-refractivity contribution in [2.24, 2.45) is 10.8 Å². The minimum absolute atomic E-state index is 0.0321. The molecule has 0 aliphatic carbocycles. The summed E-state index contributed by atoms with van der Waals surface area (Å²) in [4.78, 5) is 6.31. The van der Waals surface area contributed by atoms with Gasteiger partial charge in [-0.05, 0) is 73.6 Å². The molecule has 1 fully saturated rings. The molecule has 0 atom stereocenters.